The number of nitrogens with zero attached hydrogens (tertiary/aromatic N) is 2. The topological polar surface area (TPSA) is 87.7 Å². The summed E-state index contributed by atoms with van der Waals surface area (Å²) in [5.41, 5.74) is 1.12. The highest BCUT2D eigenvalue weighted by molar-refractivity contribution is 7.92. The smallest absolute Gasteiger partial charge is 0.248 e. The lowest BCUT2D eigenvalue weighted by Crippen LogP contribution is -2.14. The molecule has 1 heterocycles. The molecule has 1 aromatic carbocycles. The van der Waals surface area contributed by atoms with Gasteiger partial charge in [-0.3, -0.25) is 0 Å². The first kappa shape index (κ1) is 13.5. The van der Waals surface area contributed by atoms with E-state index in [-0.39, 0.29) is 10.8 Å². The molecule has 0 spiro atoms. The van der Waals surface area contributed by atoms with E-state index in [1.54, 1.807) is 12.1 Å². The van der Waals surface area contributed by atoms with Crippen LogP contribution in [0.2, 0.25) is 0 Å². The van der Waals surface area contributed by atoms with Crippen LogP contribution < -0.4 is 4.72 Å². The Balaban J connectivity index is 2.17. The van der Waals surface area contributed by atoms with Gasteiger partial charge < -0.3 is 0 Å². The zero-order chi connectivity index (χ0) is 13.9. The maximum atomic E-state index is 12.0. The van der Waals surface area contributed by atoms with E-state index in [0.29, 0.717) is 5.92 Å². The minimum atomic E-state index is -3.61. The van der Waals surface area contributed by atoms with Crippen LogP contribution in [0.1, 0.15) is 19.4 Å². The van der Waals surface area contributed by atoms with Gasteiger partial charge in [-0.05, 0) is 30.0 Å². The molecule has 19 heavy (non-hydrogen) atoms. The molecule has 0 unspecified atom stereocenters. The fraction of sp³-hybridized carbons (Fsp3) is 0.333. The van der Waals surface area contributed by atoms with Gasteiger partial charge in [0, 0.05) is 0 Å². The molecule has 6 nitrogen and oxygen atoms in total. The molecule has 1 aromatic heterocycles. The monoisotopic (exact) mass is 280 g/mol. The molecule has 0 bridgehead atoms. The Hall–Kier alpha value is -1.89. The number of benzene rings is 1. The number of nitrogens with one attached hydrogen (secondary N) is 2. The Morgan fingerprint density at radius 1 is 1.26 bits per heavy atom. The van der Waals surface area contributed by atoms with E-state index in [0.717, 1.165) is 12.0 Å². The standard InChI is InChI=1S/C12H16N4O2S/c1-9(2)7-10-3-5-11(6-4-10)19(17,18)16-12-13-8-14-15-12/h3-6,8-9H,7H2,1-2H3,(H2,13,14,15,16). The Kier molecular flexibility index (Phi) is 3.84. The minimum absolute atomic E-state index is 0.103. The molecule has 2 aromatic rings. The number of aromatic amines is 1. The highest BCUT2D eigenvalue weighted by atomic mass is 32.2. The summed E-state index contributed by atoms with van der Waals surface area (Å²) in [4.78, 5) is 3.93. The van der Waals surface area contributed by atoms with Crippen molar-refractivity contribution in [1.29, 1.82) is 0 Å². The van der Waals surface area contributed by atoms with Gasteiger partial charge in [0.15, 0.2) is 0 Å². The van der Waals surface area contributed by atoms with Crippen molar-refractivity contribution in [3.05, 3.63) is 36.2 Å². The third-order valence-electron chi connectivity index (χ3n) is 2.52. The van der Waals surface area contributed by atoms with Crippen LogP contribution >= 0.6 is 0 Å². The maximum absolute atomic E-state index is 12.0. The lowest BCUT2D eigenvalue weighted by Gasteiger charge is -2.07. The average molecular weight is 280 g/mol. The molecule has 0 saturated carbocycles. The molecule has 0 amide bonds. The molecular weight excluding hydrogens is 264 g/mol. The molecule has 7 heteroatoms. The molecule has 0 saturated heterocycles. The molecule has 0 aliphatic carbocycles. The van der Waals surface area contributed by atoms with Crippen molar-refractivity contribution in [2.24, 2.45) is 5.92 Å². The zero-order valence-corrected chi connectivity index (χ0v) is 11.6. The first-order chi connectivity index (χ1) is 8.97. The molecule has 0 aliphatic heterocycles. The van der Waals surface area contributed by atoms with Crippen molar-refractivity contribution in [2.75, 3.05) is 4.72 Å². The van der Waals surface area contributed by atoms with Crippen LogP contribution in [0, 0.1) is 5.92 Å². The van der Waals surface area contributed by atoms with Gasteiger partial charge in [0.05, 0.1) is 4.90 Å². The average Bonchev–Trinajstić information content (AvgIpc) is 2.81. The molecule has 0 atom stereocenters. The van der Waals surface area contributed by atoms with Crippen LogP contribution in [0.3, 0.4) is 0 Å². The van der Waals surface area contributed by atoms with Crippen LogP contribution in [-0.4, -0.2) is 23.6 Å². The second-order valence-electron chi connectivity index (χ2n) is 4.68. The fourth-order valence-electron chi connectivity index (χ4n) is 1.72. The third kappa shape index (κ3) is 3.54. The van der Waals surface area contributed by atoms with E-state index >= 15 is 0 Å². The summed E-state index contributed by atoms with van der Waals surface area (Å²) < 4.78 is 26.4. The van der Waals surface area contributed by atoms with Crippen LogP contribution in [-0.2, 0) is 16.4 Å². The van der Waals surface area contributed by atoms with Crippen LogP contribution in [0.25, 0.3) is 0 Å². The molecule has 0 fully saturated rings. The second kappa shape index (κ2) is 5.40. The second-order valence-corrected chi connectivity index (χ2v) is 6.36. The van der Waals surface area contributed by atoms with Gasteiger partial charge in [0.1, 0.15) is 6.33 Å². The van der Waals surface area contributed by atoms with Crippen molar-refractivity contribution in [1.82, 2.24) is 15.2 Å². The molecule has 0 aliphatic rings. The highest BCUT2D eigenvalue weighted by Gasteiger charge is 2.15. The quantitative estimate of drug-likeness (QED) is 0.874. The summed E-state index contributed by atoms with van der Waals surface area (Å²) in [6, 6.07) is 6.84. The largest absolute Gasteiger partial charge is 0.264 e. The van der Waals surface area contributed by atoms with Gasteiger partial charge in [-0.2, -0.15) is 10.1 Å². The SMILES string of the molecule is CC(C)Cc1ccc(S(=O)(=O)Nc2ncn[nH]2)cc1. The van der Waals surface area contributed by atoms with Crippen LogP contribution in [0.4, 0.5) is 5.95 Å². The Morgan fingerprint density at radius 2 is 1.95 bits per heavy atom. The summed E-state index contributed by atoms with van der Waals surface area (Å²) in [5.74, 6) is 0.640. The van der Waals surface area contributed by atoms with Crippen molar-refractivity contribution in [2.45, 2.75) is 25.2 Å². The predicted octanol–water partition coefficient (Wildman–Crippen LogP) is 1.80. The van der Waals surface area contributed by atoms with E-state index in [1.165, 1.54) is 6.33 Å². The van der Waals surface area contributed by atoms with Crippen LogP contribution in [0.15, 0.2) is 35.5 Å². The van der Waals surface area contributed by atoms with Gasteiger partial charge in [-0.25, -0.2) is 18.2 Å². The van der Waals surface area contributed by atoms with E-state index in [2.05, 4.69) is 33.8 Å². The lowest BCUT2D eigenvalue weighted by atomic mass is 10.0. The predicted molar refractivity (Wildman–Crippen MR) is 72.2 cm³/mol. The summed E-state index contributed by atoms with van der Waals surface area (Å²) in [5, 5.41) is 6.03. The number of hydrogen-bond acceptors (Lipinski definition) is 4. The molecule has 2 N–H and O–H groups in total. The summed E-state index contributed by atoms with van der Waals surface area (Å²) in [6.07, 6.45) is 2.17. The van der Waals surface area contributed by atoms with Gasteiger partial charge in [0.25, 0.3) is 10.0 Å². The van der Waals surface area contributed by atoms with Gasteiger partial charge in [0.2, 0.25) is 5.95 Å². The van der Waals surface area contributed by atoms with Crippen molar-refractivity contribution in [3.8, 4) is 0 Å². The summed E-state index contributed by atoms with van der Waals surface area (Å²) in [7, 11) is -3.61. The molecule has 102 valence electrons. The number of hydrogen-bond donors (Lipinski definition) is 2. The number of anilines is 1. The van der Waals surface area contributed by atoms with Gasteiger partial charge in [-0.15, -0.1) is 0 Å². The molecule has 0 radical (unpaired) electrons. The van der Waals surface area contributed by atoms with Crippen molar-refractivity contribution < 1.29 is 8.42 Å². The van der Waals surface area contributed by atoms with Gasteiger partial charge in [-0.1, -0.05) is 26.0 Å². The first-order valence-electron chi connectivity index (χ1n) is 5.94. The zero-order valence-electron chi connectivity index (χ0n) is 10.8. The fourth-order valence-corrected chi connectivity index (χ4v) is 2.68. The summed E-state index contributed by atoms with van der Waals surface area (Å²) >= 11 is 0. The number of sulfonamides is 1. The minimum Gasteiger partial charge on any atom is -0.248 e. The van der Waals surface area contributed by atoms with E-state index in [4.69, 9.17) is 0 Å². The van der Waals surface area contributed by atoms with Crippen molar-refractivity contribution in [3.63, 3.8) is 0 Å². The van der Waals surface area contributed by atoms with Crippen molar-refractivity contribution >= 4 is 16.0 Å². The first-order valence-corrected chi connectivity index (χ1v) is 7.43. The maximum Gasteiger partial charge on any atom is 0.264 e. The third-order valence-corrected chi connectivity index (χ3v) is 3.88. The number of rotatable bonds is 5. The Bertz CT molecular complexity index is 618. The normalized spacial score (nSPS) is 11.7. The van der Waals surface area contributed by atoms with Crippen LogP contribution in [0.5, 0.6) is 0 Å². The lowest BCUT2D eigenvalue weighted by molar-refractivity contribution is 0.600. The number of H-pyrrole nitrogens is 1. The Morgan fingerprint density at radius 3 is 2.47 bits per heavy atom. The summed E-state index contributed by atoms with van der Waals surface area (Å²) in [6.45, 7) is 4.24. The van der Waals surface area contributed by atoms with E-state index in [9.17, 15) is 8.42 Å². The van der Waals surface area contributed by atoms with E-state index in [1.807, 2.05) is 12.1 Å². The molecular formula is C12H16N4O2S. The van der Waals surface area contributed by atoms with E-state index < -0.39 is 10.0 Å². The Labute approximate surface area is 112 Å². The molecule has 2 rings (SSSR count). The number of aromatic nitrogens is 3. The highest BCUT2D eigenvalue weighted by Crippen LogP contribution is 2.15. The van der Waals surface area contributed by atoms with Gasteiger partial charge >= 0.3 is 0 Å².